The van der Waals surface area contributed by atoms with Gasteiger partial charge in [0.25, 0.3) is 0 Å². The Morgan fingerprint density at radius 1 is 1.12 bits per heavy atom. The maximum atomic E-state index is 14.4. The number of nitrogens with zero attached hydrogens (tertiary/aromatic N) is 1. The van der Waals surface area contributed by atoms with Gasteiger partial charge in [0.1, 0.15) is 18.2 Å². The molecule has 0 unspecified atom stereocenters. The van der Waals surface area contributed by atoms with Gasteiger partial charge in [0.05, 0.1) is 17.2 Å². The standard InChI is InChI=1S/C29H29ClFNO2/c1-4-33-20(3)27-16-22(12-13-28(27)31)26-11-7-10-21(26)14-24-15-25(30)17-32-29(24)34-18-23-9-6-5-8-19(23)2/h5-6,8-9,12-13,15-17H,3-4,7,10-11,14,18H2,1-2H3. The maximum absolute atomic E-state index is 14.4. The fourth-order valence-corrected chi connectivity index (χ4v) is 4.58. The number of hydrogen-bond donors (Lipinski definition) is 0. The minimum atomic E-state index is -0.326. The van der Waals surface area contributed by atoms with E-state index in [4.69, 9.17) is 21.1 Å². The first kappa shape index (κ1) is 24.0. The van der Waals surface area contributed by atoms with Gasteiger partial charge in [0.15, 0.2) is 0 Å². The lowest BCUT2D eigenvalue weighted by Gasteiger charge is -2.15. The molecule has 1 heterocycles. The number of halogens is 2. The molecule has 0 spiro atoms. The zero-order chi connectivity index (χ0) is 24.1. The fraction of sp³-hybridized carbons (Fsp3) is 0.276. The molecule has 0 aliphatic heterocycles. The molecule has 0 saturated carbocycles. The average Bonchev–Trinajstić information content (AvgIpc) is 3.28. The van der Waals surface area contributed by atoms with Gasteiger partial charge in [0.2, 0.25) is 5.88 Å². The molecule has 0 amide bonds. The van der Waals surface area contributed by atoms with Crippen LogP contribution in [0.2, 0.25) is 5.02 Å². The monoisotopic (exact) mass is 477 g/mol. The van der Waals surface area contributed by atoms with Crippen molar-refractivity contribution in [2.75, 3.05) is 6.61 Å². The Hall–Kier alpha value is -3.11. The van der Waals surface area contributed by atoms with Crippen LogP contribution in [-0.4, -0.2) is 11.6 Å². The summed E-state index contributed by atoms with van der Waals surface area (Å²) in [6.45, 7) is 8.71. The molecule has 1 aliphatic rings. The minimum Gasteiger partial charge on any atom is -0.494 e. The van der Waals surface area contributed by atoms with Crippen LogP contribution in [0.5, 0.6) is 5.88 Å². The number of benzene rings is 2. The minimum absolute atomic E-state index is 0.326. The van der Waals surface area contributed by atoms with Crippen molar-refractivity contribution in [1.29, 1.82) is 0 Å². The molecule has 176 valence electrons. The Balaban J connectivity index is 1.62. The Kier molecular flexibility index (Phi) is 7.69. The Morgan fingerprint density at radius 3 is 2.74 bits per heavy atom. The van der Waals surface area contributed by atoms with E-state index >= 15 is 0 Å². The molecule has 0 saturated heterocycles. The van der Waals surface area contributed by atoms with E-state index < -0.39 is 0 Å². The van der Waals surface area contributed by atoms with E-state index in [2.05, 4.69) is 30.6 Å². The van der Waals surface area contributed by atoms with Crippen molar-refractivity contribution >= 4 is 22.9 Å². The predicted molar refractivity (Wildman–Crippen MR) is 136 cm³/mol. The summed E-state index contributed by atoms with van der Waals surface area (Å²) in [5.74, 6) is 0.622. The third kappa shape index (κ3) is 5.51. The van der Waals surface area contributed by atoms with Crippen LogP contribution in [0.3, 0.4) is 0 Å². The van der Waals surface area contributed by atoms with E-state index in [1.807, 2.05) is 37.3 Å². The van der Waals surface area contributed by atoms with E-state index in [9.17, 15) is 4.39 Å². The van der Waals surface area contributed by atoms with E-state index in [0.717, 1.165) is 36.0 Å². The highest BCUT2D eigenvalue weighted by molar-refractivity contribution is 6.30. The highest BCUT2D eigenvalue weighted by Gasteiger charge is 2.20. The van der Waals surface area contributed by atoms with Crippen LogP contribution in [0.4, 0.5) is 4.39 Å². The molecule has 3 nitrogen and oxygen atoms in total. The summed E-state index contributed by atoms with van der Waals surface area (Å²) >= 11 is 6.30. The summed E-state index contributed by atoms with van der Waals surface area (Å²) < 4.78 is 26.0. The van der Waals surface area contributed by atoms with E-state index in [1.165, 1.54) is 22.8 Å². The number of ether oxygens (including phenoxy) is 2. The van der Waals surface area contributed by atoms with Gasteiger partial charge in [-0.3, -0.25) is 0 Å². The SMILES string of the molecule is C=C(OCC)c1cc(C2=C(Cc3cc(Cl)cnc3OCc3ccccc3C)CCC2)ccc1F. The molecular formula is C29H29ClFNO2. The summed E-state index contributed by atoms with van der Waals surface area (Å²) in [7, 11) is 0. The normalized spacial score (nSPS) is 13.3. The summed E-state index contributed by atoms with van der Waals surface area (Å²) in [5.41, 5.74) is 7.20. The molecule has 3 aromatic rings. The van der Waals surface area contributed by atoms with Crippen molar-refractivity contribution in [3.8, 4) is 5.88 Å². The Bertz CT molecular complexity index is 1230. The maximum Gasteiger partial charge on any atom is 0.217 e. The molecular weight excluding hydrogens is 449 g/mol. The zero-order valence-electron chi connectivity index (χ0n) is 19.7. The van der Waals surface area contributed by atoms with Gasteiger partial charge in [-0.05, 0) is 80.0 Å². The lowest BCUT2D eigenvalue weighted by molar-refractivity contribution is 0.290. The number of aryl methyl sites for hydroxylation is 1. The molecule has 0 N–H and O–H groups in total. The van der Waals surface area contributed by atoms with Gasteiger partial charge in [-0.25, -0.2) is 9.37 Å². The first-order valence-electron chi connectivity index (χ1n) is 11.6. The lowest BCUT2D eigenvalue weighted by atomic mass is 9.96. The number of pyridine rings is 1. The fourth-order valence-electron chi connectivity index (χ4n) is 4.40. The van der Waals surface area contributed by atoms with E-state index in [0.29, 0.717) is 41.9 Å². The Labute approximate surface area is 205 Å². The molecule has 34 heavy (non-hydrogen) atoms. The van der Waals surface area contributed by atoms with Crippen molar-refractivity contribution in [2.24, 2.45) is 0 Å². The zero-order valence-corrected chi connectivity index (χ0v) is 20.4. The van der Waals surface area contributed by atoms with Crippen molar-refractivity contribution in [1.82, 2.24) is 4.98 Å². The molecule has 2 aromatic carbocycles. The summed E-state index contributed by atoms with van der Waals surface area (Å²) in [6, 6.07) is 15.3. The number of rotatable bonds is 9. The van der Waals surface area contributed by atoms with Gasteiger partial charge in [0, 0.05) is 11.8 Å². The second-order valence-corrected chi connectivity index (χ2v) is 8.93. The topological polar surface area (TPSA) is 31.4 Å². The molecule has 5 heteroatoms. The first-order valence-corrected chi connectivity index (χ1v) is 12.0. The van der Waals surface area contributed by atoms with Crippen molar-refractivity contribution in [3.63, 3.8) is 0 Å². The first-order chi connectivity index (χ1) is 16.5. The lowest BCUT2D eigenvalue weighted by Crippen LogP contribution is -2.03. The summed E-state index contributed by atoms with van der Waals surface area (Å²) in [6.07, 6.45) is 5.27. The number of hydrogen-bond acceptors (Lipinski definition) is 3. The van der Waals surface area contributed by atoms with E-state index in [-0.39, 0.29) is 5.82 Å². The second-order valence-electron chi connectivity index (χ2n) is 8.50. The summed E-state index contributed by atoms with van der Waals surface area (Å²) in [4.78, 5) is 4.48. The van der Waals surface area contributed by atoms with Crippen LogP contribution in [0, 0.1) is 12.7 Å². The van der Waals surface area contributed by atoms with Crippen molar-refractivity contribution in [2.45, 2.75) is 46.1 Å². The highest BCUT2D eigenvalue weighted by atomic mass is 35.5. The van der Waals surface area contributed by atoms with Gasteiger partial charge < -0.3 is 9.47 Å². The molecule has 0 bridgehead atoms. The van der Waals surface area contributed by atoms with Gasteiger partial charge in [-0.2, -0.15) is 0 Å². The molecule has 1 aliphatic carbocycles. The Morgan fingerprint density at radius 2 is 1.94 bits per heavy atom. The van der Waals surface area contributed by atoms with Crippen molar-refractivity contribution < 1.29 is 13.9 Å². The van der Waals surface area contributed by atoms with Crippen LogP contribution in [-0.2, 0) is 17.8 Å². The number of aromatic nitrogens is 1. The molecule has 4 rings (SSSR count). The van der Waals surface area contributed by atoms with Gasteiger partial charge in [-0.1, -0.05) is 54.1 Å². The molecule has 0 radical (unpaired) electrons. The van der Waals surface area contributed by atoms with Crippen molar-refractivity contribution in [3.05, 3.63) is 106 Å². The average molecular weight is 478 g/mol. The quantitative estimate of drug-likeness (QED) is 0.293. The molecule has 0 atom stereocenters. The van der Waals surface area contributed by atoms with Crippen LogP contribution in [0.1, 0.15) is 54.0 Å². The summed E-state index contributed by atoms with van der Waals surface area (Å²) in [5, 5.41) is 0.579. The third-order valence-corrected chi connectivity index (χ3v) is 6.39. The van der Waals surface area contributed by atoms with Crippen LogP contribution in [0.25, 0.3) is 11.3 Å². The van der Waals surface area contributed by atoms with Gasteiger partial charge >= 0.3 is 0 Å². The second kappa shape index (κ2) is 10.9. The molecule has 1 aromatic heterocycles. The third-order valence-electron chi connectivity index (χ3n) is 6.19. The molecule has 0 fully saturated rings. The van der Waals surface area contributed by atoms with E-state index in [1.54, 1.807) is 6.20 Å². The largest absolute Gasteiger partial charge is 0.494 e. The predicted octanol–water partition coefficient (Wildman–Crippen LogP) is 7.95. The highest BCUT2D eigenvalue weighted by Crippen LogP contribution is 2.38. The van der Waals surface area contributed by atoms with Crippen LogP contribution >= 0.6 is 11.6 Å². The number of allylic oxidation sites excluding steroid dienone is 2. The van der Waals surface area contributed by atoms with Gasteiger partial charge in [-0.15, -0.1) is 0 Å². The van der Waals surface area contributed by atoms with Crippen LogP contribution in [0.15, 0.2) is 66.9 Å². The smallest absolute Gasteiger partial charge is 0.217 e. The van der Waals surface area contributed by atoms with Crippen LogP contribution < -0.4 is 4.74 Å².